The summed E-state index contributed by atoms with van der Waals surface area (Å²) in [6, 6.07) is 1.55. The van der Waals surface area contributed by atoms with E-state index in [9.17, 15) is 4.79 Å². The van der Waals surface area contributed by atoms with Crippen molar-refractivity contribution in [1.29, 1.82) is 0 Å². The predicted octanol–water partition coefficient (Wildman–Crippen LogP) is 3.81. The highest BCUT2D eigenvalue weighted by molar-refractivity contribution is 7.20. The van der Waals surface area contributed by atoms with Crippen molar-refractivity contribution in [1.82, 2.24) is 10.6 Å². The van der Waals surface area contributed by atoms with Crippen molar-refractivity contribution in [2.24, 2.45) is 0 Å². The summed E-state index contributed by atoms with van der Waals surface area (Å²) >= 11 is 13.1. The van der Waals surface area contributed by atoms with E-state index in [0.29, 0.717) is 21.8 Å². The molecule has 1 saturated heterocycles. The second-order valence-electron chi connectivity index (χ2n) is 4.91. The highest BCUT2D eigenvalue weighted by atomic mass is 35.5. The van der Waals surface area contributed by atoms with Crippen LogP contribution in [0.4, 0.5) is 4.79 Å². The minimum atomic E-state index is -0.217. The maximum Gasteiger partial charge on any atom is 0.315 e. The number of nitrogens with one attached hydrogen (secondary N) is 2. The average molecular weight is 337 g/mol. The second-order valence-corrected chi connectivity index (χ2v) is 7.20. The Morgan fingerprint density at radius 1 is 1.45 bits per heavy atom. The van der Waals surface area contributed by atoms with Crippen LogP contribution < -0.4 is 10.6 Å². The van der Waals surface area contributed by atoms with Gasteiger partial charge in [0.1, 0.15) is 0 Å². The largest absolute Gasteiger partial charge is 0.373 e. The van der Waals surface area contributed by atoms with Gasteiger partial charge >= 0.3 is 6.03 Å². The van der Waals surface area contributed by atoms with E-state index >= 15 is 0 Å². The molecule has 0 spiro atoms. The molecule has 1 aromatic rings. The molecule has 1 aromatic heterocycles. The van der Waals surface area contributed by atoms with Crippen LogP contribution in [0.2, 0.25) is 8.67 Å². The lowest BCUT2D eigenvalue weighted by molar-refractivity contribution is -0.0368. The number of ether oxygens (including phenoxy) is 1. The number of rotatable bonds is 4. The predicted molar refractivity (Wildman–Crippen MR) is 82.8 cm³/mol. The van der Waals surface area contributed by atoms with E-state index in [1.165, 1.54) is 11.3 Å². The fraction of sp³-hybridized carbons (Fsp3) is 0.615. The van der Waals surface area contributed by atoms with Gasteiger partial charge in [-0.25, -0.2) is 4.79 Å². The van der Waals surface area contributed by atoms with Gasteiger partial charge in [0.15, 0.2) is 0 Å². The molecule has 0 bridgehead atoms. The Labute approximate surface area is 132 Å². The molecule has 112 valence electrons. The Bertz CT molecular complexity index is 467. The van der Waals surface area contributed by atoms with Crippen molar-refractivity contribution in [2.45, 2.75) is 44.9 Å². The molecule has 0 aromatic carbocycles. The number of hydrogen-bond acceptors (Lipinski definition) is 3. The van der Waals surface area contributed by atoms with Crippen molar-refractivity contribution in [3.8, 4) is 0 Å². The lowest BCUT2D eigenvalue weighted by Crippen LogP contribution is -2.42. The fourth-order valence-corrected chi connectivity index (χ4v) is 3.67. The average Bonchev–Trinajstić information content (AvgIpc) is 2.72. The van der Waals surface area contributed by atoms with Gasteiger partial charge in [0, 0.05) is 18.7 Å². The summed E-state index contributed by atoms with van der Waals surface area (Å²) in [6.07, 6.45) is 3.64. The Morgan fingerprint density at radius 2 is 2.25 bits per heavy atom. The highest BCUT2D eigenvalue weighted by Gasteiger charge is 2.19. The third kappa shape index (κ3) is 4.81. The zero-order valence-corrected chi connectivity index (χ0v) is 13.6. The third-order valence-electron chi connectivity index (χ3n) is 3.22. The number of halogens is 2. The van der Waals surface area contributed by atoms with Gasteiger partial charge in [-0.15, -0.1) is 11.3 Å². The van der Waals surface area contributed by atoms with Crippen LogP contribution in [0.1, 0.15) is 31.7 Å². The van der Waals surface area contributed by atoms with Crippen molar-refractivity contribution in [3.05, 3.63) is 20.3 Å². The van der Waals surface area contributed by atoms with Crippen LogP contribution in [-0.4, -0.2) is 24.8 Å². The molecule has 20 heavy (non-hydrogen) atoms. The van der Waals surface area contributed by atoms with Gasteiger partial charge in [-0.3, -0.25) is 0 Å². The van der Waals surface area contributed by atoms with Crippen molar-refractivity contribution in [2.75, 3.05) is 6.54 Å². The molecule has 7 heteroatoms. The standard InChI is InChI=1S/C13H18Cl2N2O2S/c1-8-3-2-4-10(19-8)7-17-13(18)16-6-9-5-11(14)20-12(9)15/h5,8,10H,2-4,6-7H2,1H3,(H2,16,17,18). The Hall–Kier alpha value is -0.490. The minimum Gasteiger partial charge on any atom is -0.373 e. The zero-order chi connectivity index (χ0) is 14.5. The van der Waals surface area contributed by atoms with Gasteiger partial charge < -0.3 is 15.4 Å². The van der Waals surface area contributed by atoms with Gasteiger partial charge in [-0.2, -0.15) is 0 Å². The van der Waals surface area contributed by atoms with Crippen LogP contribution in [0.5, 0.6) is 0 Å². The third-order valence-corrected chi connectivity index (χ3v) is 4.79. The van der Waals surface area contributed by atoms with Gasteiger partial charge in [-0.1, -0.05) is 23.2 Å². The number of thiophene rings is 1. The molecular formula is C13H18Cl2N2O2S. The minimum absolute atomic E-state index is 0.115. The molecule has 0 aliphatic carbocycles. The van der Waals surface area contributed by atoms with E-state index in [4.69, 9.17) is 27.9 Å². The first-order valence-corrected chi connectivity index (χ1v) is 8.22. The number of hydrogen-bond donors (Lipinski definition) is 2. The normalized spacial score (nSPS) is 22.6. The van der Waals surface area contributed by atoms with Crippen molar-refractivity contribution >= 4 is 40.6 Å². The van der Waals surface area contributed by atoms with E-state index in [1.54, 1.807) is 6.07 Å². The molecule has 1 fully saturated rings. The van der Waals surface area contributed by atoms with Crippen LogP contribution in [0.15, 0.2) is 6.07 Å². The van der Waals surface area contributed by atoms with E-state index in [0.717, 1.165) is 24.8 Å². The fourth-order valence-electron chi connectivity index (χ4n) is 2.19. The Kier molecular flexibility index (Phi) is 5.96. The van der Waals surface area contributed by atoms with Crippen LogP contribution in [0.25, 0.3) is 0 Å². The first-order chi connectivity index (χ1) is 9.54. The van der Waals surface area contributed by atoms with Crippen LogP contribution in [-0.2, 0) is 11.3 Å². The number of amides is 2. The molecule has 2 atom stereocenters. The first-order valence-electron chi connectivity index (χ1n) is 6.65. The lowest BCUT2D eigenvalue weighted by Gasteiger charge is -2.27. The molecule has 2 rings (SSSR count). The molecule has 1 aliphatic heterocycles. The lowest BCUT2D eigenvalue weighted by atomic mass is 10.1. The second kappa shape index (κ2) is 7.50. The van der Waals surface area contributed by atoms with Gasteiger partial charge in [-0.05, 0) is 32.3 Å². The van der Waals surface area contributed by atoms with Crippen LogP contribution >= 0.6 is 34.5 Å². The zero-order valence-electron chi connectivity index (χ0n) is 11.2. The molecule has 4 nitrogen and oxygen atoms in total. The maximum atomic E-state index is 11.7. The quantitative estimate of drug-likeness (QED) is 0.878. The SMILES string of the molecule is CC1CCCC(CNC(=O)NCc2cc(Cl)sc2Cl)O1. The van der Waals surface area contributed by atoms with Crippen LogP contribution in [0, 0.1) is 0 Å². The number of urea groups is 1. The van der Waals surface area contributed by atoms with Crippen LogP contribution in [0.3, 0.4) is 0 Å². The Balaban J connectivity index is 1.69. The number of carbonyl (C=O) groups excluding carboxylic acids is 1. The van der Waals surface area contributed by atoms with E-state index in [2.05, 4.69) is 17.6 Å². The van der Waals surface area contributed by atoms with Crippen molar-refractivity contribution < 1.29 is 9.53 Å². The monoisotopic (exact) mass is 336 g/mol. The van der Waals surface area contributed by atoms with E-state index < -0.39 is 0 Å². The maximum absolute atomic E-state index is 11.7. The smallest absolute Gasteiger partial charge is 0.315 e. The summed E-state index contributed by atoms with van der Waals surface area (Å²) in [5.74, 6) is 0. The molecule has 2 unspecified atom stereocenters. The molecule has 2 N–H and O–H groups in total. The van der Waals surface area contributed by atoms with Gasteiger partial charge in [0.25, 0.3) is 0 Å². The first kappa shape index (κ1) is 15.9. The molecule has 2 heterocycles. The van der Waals surface area contributed by atoms with E-state index in [1.807, 2.05) is 0 Å². The van der Waals surface area contributed by atoms with Gasteiger partial charge in [0.2, 0.25) is 0 Å². The highest BCUT2D eigenvalue weighted by Crippen LogP contribution is 2.30. The molecule has 2 amide bonds. The summed E-state index contributed by atoms with van der Waals surface area (Å²) in [6.45, 7) is 2.97. The summed E-state index contributed by atoms with van der Waals surface area (Å²) in [7, 11) is 0. The molecule has 1 aliphatic rings. The number of carbonyl (C=O) groups is 1. The van der Waals surface area contributed by atoms with Crippen molar-refractivity contribution in [3.63, 3.8) is 0 Å². The summed E-state index contributed by atoms with van der Waals surface area (Å²) < 4.78 is 6.98. The molecule has 0 radical (unpaired) electrons. The van der Waals surface area contributed by atoms with E-state index in [-0.39, 0.29) is 18.2 Å². The molecular weight excluding hydrogens is 319 g/mol. The molecule has 0 saturated carbocycles. The Morgan fingerprint density at radius 3 is 2.90 bits per heavy atom. The summed E-state index contributed by atoms with van der Waals surface area (Å²) in [4.78, 5) is 11.7. The van der Waals surface area contributed by atoms with Gasteiger partial charge in [0.05, 0.1) is 20.9 Å². The summed E-state index contributed by atoms with van der Waals surface area (Å²) in [5, 5.41) is 5.58. The summed E-state index contributed by atoms with van der Waals surface area (Å²) in [5.41, 5.74) is 0.833. The topological polar surface area (TPSA) is 50.4 Å².